The Hall–Kier alpha value is -0.430. The molecule has 2 heterocycles. The average Bonchev–Trinajstić information content (AvgIpc) is 2.27. The predicted molar refractivity (Wildman–Crippen MR) is 76.0 cm³/mol. The van der Waals surface area contributed by atoms with Crippen molar-refractivity contribution in [2.45, 2.75) is 32.1 Å². The molecule has 1 aliphatic heterocycles. The maximum atomic E-state index is 12.0. The lowest BCUT2D eigenvalue weighted by Gasteiger charge is -2.21. The van der Waals surface area contributed by atoms with Gasteiger partial charge in [-0.2, -0.15) is 0 Å². The minimum Gasteiger partial charge on any atom is -0.591 e. The number of nitrogens with zero attached hydrogens (tertiary/aromatic N) is 2. The lowest BCUT2D eigenvalue weighted by atomic mass is 10.1. The van der Waals surface area contributed by atoms with E-state index in [2.05, 4.69) is 25.3 Å². The Morgan fingerprint density at radius 1 is 1.44 bits per heavy atom. The average molecular weight is 331 g/mol. The highest BCUT2D eigenvalue weighted by molar-refractivity contribution is 9.10. The van der Waals surface area contributed by atoms with E-state index in [1.54, 1.807) is 6.20 Å². The van der Waals surface area contributed by atoms with Gasteiger partial charge in [0.2, 0.25) is 0 Å². The van der Waals surface area contributed by atoms with Crippen LogP contribution in [0.5, 0.6) is 0 Å². The number of ether oxygens (including phenoxy) is 1. The molecule has 1 aromatic heterocycles. The third-order valence-electron chi connectivity index (χ3n) is 2.42. The lowest BCUT2D eigenvalue weighted by molar-refractivity contribution is 0.151. The van der Waals surface area contributed by atoms with Gasteiger partial charge in [-0.05, 0) is 42.8 Å². The van der Waals surface area contributed by atoms with E-state index in [-0.39, 0.29) is 4.75 Å². The summed E-state index contributed by atoms with van der Waals surface area (Å²) in [5, 5.41) is 0. The first-order valence-corrected chi connectivity index (χ1v) is 7.50. The molecular formula is C12H15BrN2O2S. The Bertz CT molecular complexity index is 485. The smallest absolute Gasteiger partial charge is 0.144 e. The number of rotatable bonds is 1. The molecule has 0 aliphatic carbocycles. The molecule has 18 heavy (non-hydrogen) atoms. The maximum absolute atomic E-state index is 12.0. The van der Waals surface area contributed by atoms with E-state index in [0.29, 0.717) is 18.9 Å². The first-order valence-electron chi connectivity index (χ1n) is 5.60. The molecule has 1 atom stereocenters. The first-order chi connectivity index (χ1) is 8.38. The number of hydrogen-bond acceptors (Lipinski definition) is 4. The molecule has 0 saturated heterocycles. The summed E-state index contributed by atoms with van der Waals surface area (Å²) in [4.78, 5) is 4.34. The zero-order valence-corrected chi connectivity index (χ0v) is 13.0. The van der Waals surface area contributed by atoms with Gasteiger partial charge in [-0.15, -0.1) is 0 Å². The zero-order chi connectivity index (χ0) is 13.3. The van der Waals surface area contributed by atoms with Crippen LogP contribution < -0.4 is 0 Å². The molecule has 2 rings (SSSR count). The summed E-state index contributed by atoms with van der Waals surface area (Å²) in [5.41, 5.74) is 2.43. The van der Waals surface area contributed by atoms with E-state index in [9.17, 15) is 4.55 Å². The molecule has 0 N–H and O–H groups in total. The Labute approximate surface area is 118 Å². The SMILES string of the molecule is CC(C)(C)[S+]([O-])N=C1COCc2cc(Br)cnc21. The summed E-state index contributed by atoms with van der Waals surface area (Å²) in [5.74, 6) is 0. The minimum absolute atomic E-state index is 0.365. The van der Waals surface area contributed by atoms with E-state index in [1.807, 2.05) is 26.8 Å². The molecule has 1 unspecified atom stereocenters. The highest BCUT2D eigenvalue weighted by Crippen LogP contribution is 2.23. The van der Waals surface area contributed by atoms with Crippen LogP contribution in [0.25, 0.3) is 0 Å². The van der Waals surface area contributed by atoms with Crippen molar-refractivity contribution in [2.24, 2.45) is 4.40 Å². The predicted octanol–water partition coefficient (Wildman–Crippen LogP) is 2.63. The zero-order valence-electron chi connectivity index (χ0n) is 10.6. The number of pyridine rings is 1. The molecule has 0 radical (unpaired) electrons. The summed E-state index contributed by atoms with van der Waals surface area (Å²) in [6.45, 7) is 6.57. The van der Waals surface area contributed by atoms with Crippen molar-refractivity contribution in [2.75, 3.05) is 6.61 Å². The van der Waals surface area contributed by atoms with Gasteiger partial charge in [-0.1, -0.05) is 4.40 Å². The molecule has 1 aromatic rings. The van der Waals surface area contributed by atoms with Gasteiger partial charge in [0, 0.05) is 16.2 Å². The quantitative estimate of drug-likeness (QED) is 0.744. The molecule has 0 spiro atoms. The highest BCUT2D eigenvalue weighted by atomic mass is 79.9. The Morgan fingerprint density at radius 2 is 2.17 bits per heavy atom. The van der Waals surface area contributed by atoms with Gasteiger partial charge in [0.15, 0.2) is 0 Å². The molecule has 0 saturated carbocycles. The Kier molecular flexibility index (Phi) is 4.11. The van der Waals surface area contributed by atoms with Crippen LogP contribution in [-0.4, -0.2) is 26.6 Å². The van der Waals surface area contributed by atoms with E-state index >= 15 is 0 Å². The van der Waals surface area contributed by atoms with Crippen LogP contribution in [0.3, 0.4) is 0 Å². The largest absolute Gasteiger partial charge is 0.591 e. The summed E-state index contributed by atoms with van der Waals surface area (Å²) in [6.07, 6.45) is 1.72. The molecule has 0 aromatic carbocycles. The molecule has 6 heteroatoms. The van der Waals surface area contributed by atoms with Gasteiger partial charge < -0.3 is 9.29 Å². The lowest BCUT2D eigenvalue weighted by Crippen LogP contribution is -2.29. The summed E-state index contributed by atoms with van der Waals surface area (Å²) >= 11 is 2.08. The third-order valence-corrected chi connectivity index (χ3v) is 4.29. The van der Waals surface area contributed by atoms with Crippen LogP contribution in [0.2, 0.25) is 0 Å². The molecule has 0 fully saturated rings. The van der Waals surface area contributed by atoms with Crippen LogP contribution >= 0.6 is 15.9 Å². The van der Waals surface area contributed by atoms with Crippen molar-refractivity contribution >= 4 is 33.0 Å². The highest BCUT2D eigenvalue weighted by Gasteiger charge is 2.29. The van der Waals surface area contributed by atoms with Gasteiger partial charge in [0.1, 0.15) is 21.8 Å². The van der Waals surface area contributed by atoms with Crippen molar-refractivity contribution in [1.82, 2.24) is 4.98 Å². The van der Waals surface area contributed by atoms with Gasteiger partial charge in [-0.25, -0.2) is 0 Å². The van der Waals surface area contributed by atoms with Gasteiger partial charge in [0.05, 0.1) is 18.9 Å². The fourth-order valence-electron chi connectivity index (χ4n) is 1.48. The molecular weight excluding hydrogens is 316 g/mol. The van der Waals surface area contributed by atoms with Crippen LogP contribution in [0.1, 0.15) is 32.0 Å². The number of halogens is 1. The Morgan fingerprint density at radius 3 is 2.83 bits per heavy atom. The molecule has 0 bridgehead atoms. The second-order valence-corrected chi connectivity index (χ2v) is 7.87. The van der Waals surface area contributed by atoms with E-state index in [1.165, 1.54) is 0 Å². The van der Waals surface area contributed by atoms with Gasteiger partial charge in [-0.3, -0.25) is 4.98 Å². The fourth-order valence-corrected chi connectivity index (χ4v) is 2.48. The summed E-state index contributed by atoms with van der Waals surface area (Å²) in [6, 6.07) is 1.96. The van der Waals surface area contributed by atoms with Crippen LogP contribution in [0.15, 0.2) is 21.1 Å². The number of hydrogen-bond donors (Lipinski definition) is 0. The van der Waals surface area contributed by atoms with E-state index in [4.69, 9.17) is 4.74 Å². The molecule has 98 valence electrons. The number of aromatic nitrogens is 1. The Balaban J connectivity index is 2.36. The maximum Gasteiger partial charge on any atom is 0.144 e. The monoisotopic (exact) mass is 330 g/mol. The van der Waals surface area contributed by atoms with E-state index in [0.717, 1.165) is 15.7 Å². The van der Waals surface area contributed by atoms with Crippen molar-refractivity contribution in [3.63, 3.8) is 0 Å². The normalized spacial score (nSPS) is 19.7. The molecule has 1 aliphatic rings. The minimum atomic E-state index is -1.29. The molecule has 4 nitrogen and oxygen atoms in total. The summed E-state index contributed by atoms with van der Waals surface area (Å²) < 4.78 is 22.3. The topological polar surface area (TPSA) is 57.5 Å². The third kappa shape index (κ3) is 3.12. The summed E-state index contributed by atoms with van der Waals surface area (Å²) in [7, 11) is 0. The van der Waals surface area contributed by atoms with Gasteiger partial charge in [0.25, 0.3) is 0 Å². The fraction of sp³-hybridized carbons (Fsp3) is 0.500. The van der Waals surface area contributed by atoms with Gasteiger partial charge >= 0.3 is 0 Å². The molecule has 0 amide bonds. The number of fused-ring (bicyclic) bond motifs is 1. The standard InChI is InChI=1S/C12H15BrN2O2S/c1-12(2,3)18(16)15-10-7-17-6-8-4-9(13)5-14-11(8)10/h4-5H,6-7H2,1-3H3. The van der Waals surface area contributed by atoms with Crippen molar-refractivity contribution in [1.29, 1.82) is 0 Å². The van der Waals surface area contributed by atoms with Crippen molar-refractivity contribution in [3.05, 3.63) is 28.0 Å². The van der Waals surface area contributed by atoms with Crippen LogP contribution in [-0.2, 0) is 22.7 Å². The first kappa shape index (κ1) is 14.0. The second-order valence-electron chi connectivity index (χ2n) is 5.05. The van der Waals surface area contributed by atoms with E-state index < -0.39 is 11.4 Å². The second kappa shape index (κ2) is 5.28. The van der Waals surface area contributed by atoms with Crippen LogP contribution in [0.4, 0.5) is 0 Å². The van der Waals surface area contributed by atoms with Crippen molar-refractivity contribution < 1.29 is 9.29 Å². The van der Waals surface area contributed by atoms with Crippen molar-refractivity contribution in [3.8, 4) is 0 Å². The van der Waals surface area contributed by atoms with Crippen LogP contribution in [0, 0.1) is 0 Å².